The molecule has 7 heteroatoms. The third kappa shape index (κ3) is 2.93. The number of nitrogens with zero attached hydrogens (tertiary/aromatic N) is 1. The Hall–Kier alpha value is -1.05. The number of aliphatic hydroxyl groups excluding tert-OH is 1. The van der Waals surface area contributed by atoms with E-state index in [1.807, 2.05) is 0 Å². The van der Waals surface area contributed by atoms with Crippen molar-refractivity contribution < 1.29 is 22.3 Å². The minimum absolute atomic E-state index is 0.111. The fraction of sp³-hybridized carbons (Fsp3) is 0.500. The van der Waals surface area contributed by atoms with Crippen molar-refractivity contribution in [2.45, 2.75) is 23.8 Å². The van der Waals surface area contributed by atoms with Crippen molar-refractivity contribution in [3.05, 3.63) is 29.8 Å². The summed E-state index contributed by atoms with van der Waals surface area (Å²) in [5.41, 5.74) is 0. The zero-order valence-corrected chi connectivity index (χ0v) is 11.2. The van der Waals surface area contributed by atoms with Crippen LogP contribution < -0.4 is 0 Å². The van der Waals surface area contributed by atoms with E-state index < -0.39 is 21.7 Å². The Balaban J connectivity index is 2.14. The lowest BCUT2D eigenvalue weighted by Crippen LogP contribution is -2.39. The normalized spacial score (nSPS) is 23.4. The van der Waals surface area contributed by atoms with E-state index in [1.54, 1.807) is 0 Å². The number of sulfonamides is 1. The molecule has 0 heterocycles. The Labute approximate surface area is 110 Å². The highest BCUT2D eigenvalue weighted by atomic mass is 32.2. The fourth-order valence-electron chi connectivity index (χ4n) is 2.13. The molecule has 1 N–H and O–H groups in total. The molecule has 0 atom stereocenters. The van der Waals surface area contributed by atoms with Crippen molar-refractivity contribution >= 4 is 10.0 Å². The molecule has 1 fully saturated rings. The molecule has 1 aromatic rings. The predicted molar refractivity (Wildman–Crippen MR) is 64.9 cm³/mol. The van der Waals surface area contributed by atoms with E-state index >= 15 is 0 Å². The molecular formula is C12H15F2NO3S. The van der Waals surface area contributed by atoms with Crippen molar-refractivity contribution in [2.24, 2.45) is 5.92 Å². The van der Waals surface area contributed by atoms with Crippen LogP contribution >= 0.6 is 0 Å². The molecule has 0 amide bonds. The van der Waals surface area contributed by atoms with Crippen LogP contribution in [-0.4, -0.2) is 37.5 Å². The first-order valence-corrected chi connectivity index (χ1v) is 7.34. The van der Waals surface area contributed by atoms with Crippen LogP contribution in [0.1, 0.15) is 12.8 Å². The van der Waals surface area contributed by atoms with Gasteiger partial charge in [0.25, 0.3) is 0 Å². The molecule has 0 bridgehead atoms. The van der Waals surface area contributed by atoms with Crippen LogP contribution in [0.25, 0.3) is 0 Å². The zero-order valence-electron chi connectivity index (χ0n) is 10.4. The molecule has 1 aliphatic carbocycles. The van der Waals surface area contributed by atoms with Gasteiger partial charge in [-0.15, -0.1) is 0 Å². The second-order valence-electron chi connectivity index (χ2n) is 4.85. The van der Waals surface area contributed by atoms with Gasteiger partial charge in [0.2, 0.25) is 10.0 Å². The third-order valence-corrected chi connectivity index (χ3v) is 5.14. The number of benzene rings is 1. The molecule has 1 aromatic carbocycles. The molecule has 2 rings (SSSR count). The molecule has 0 aromatic heterocycles. The Morgan fingerprint density at radius 1 is 1.32 bits per heavy atom. The van der Waals surface area contributed by atoms with Crippen LogP contribution in [0.5, 0.6) is 0 Å². The number of halogens is 2. The molecule has 19 heavy (non-hydrogen) atoms. The van der Waals surface area contributed by atoms with Gasteiger partial charge in [0.1, 0.15) is 0 Å². The quantitative estimate of drug-likeness (QED) is 0.911. The van der Waals surface area contributed by atoms with Crippen LogP contribution in [0.15, 0.2) is 23.1 Å². The number of hydrogen-bond donors (Lipinski definition) is 1. The predicted octanol–water partition coefficient (Wildman–Crippen LogP) is 1.36. The van der Waals surface area contributed by atoms with Crippen LogP contribution in [-0.2, 0) is 10.0 Å². The van der Waals surface area contributed by atoms with Crippen LogP contribution in [0.3, 0.4) is 0 Å². The van der Waals surface area contributed by atoms with Gasteiger partial charge in [-0.2, -0.15) is 0 Å². The molecular weight excluding hydrogens is 276 g/mol. The highest BCUT2D eigenvalue weighted by molar-refractivity contribution is 7.89. The lowest BCUT2D eigenvalue weighted by Gasteiger charge is -2.34. The number of hydrogen-bond acceptors (Lipinski definition) is 3. The molecule has 0 spiro atoms. The van der Waals surface area contributed by atoms with Crippen molar-refractivity contribution in [3.63, 3.8) is 0 Å². The second kappa shape index (κ2) is 5.15. The largest absolute Gasteiger partial charge is 0.393 e. The summed E-state index contributed by atoms with van der Waals surface area (Å²) < 4.78 is 51.2. The van der Waals surface area contributed by atoms with Gasteiger partial charge < -0.3 is 5.11 Å². The summed E-state index contributed by atoms with van der Waals surface area (Å²) in [5, 5.41) is 9.16. The summed E-state index contributed by atoms with van der Waals surface area (Å²) in [6, 6.07) is 2.51. The Kier molecular flexibility index (Phi) is 3.89. The van der Waals surface area contributed by atoms with E-state index in [-0.39, 0.29) is 23.5 Å². The van der Waals surface area contributed by atoms with Crippen molar-refractivity contribution in [1.82, 2.24) is 4.31 Å². The summed E-state index contributed by atoms with van der Waals surface area (Å²) in [5.74, 6) is -2.16. The third-order valence-electron chi connectivity index (χ3n) is 3.33. The second-order valence-corrected chi connectivity index (χ2v) is 6.90. The van der Waals surface area contributed by atoms with Gasteiger partial charge in [-0.1, -0.05) is 0 Å². The minimum Gasteiger partial charge on any atom is -0.393 e. The maximum absolute atomic E-state index is 13.1. The van der Waals surface area contributed by atoms with Crippen LogP contribution in [0, 0.1) is 17.6 Å². The Morgan fingerprint density at radius 3 is 2.47 bits per heavy atom. The summed E-state index contributed by atoms with van der Waals surface area (Å²) in [6.45, 7) is 0.262. The highest BCUT2D eigenvalue weighted by Crippen LogP contribution is 2.29. The van der Waals surface area contributed by atoms with E-state index in [0.717, 1.165) is 16.4 Å². The summed E-state index contributed by atoms with van der Waals surface area (Å²) >= 11 is 0. The topological polar surface area (TPSA) is 57.6 Å². The average Bonchev–Trinajstić information content (AvgIpc) is 2.30. The summed E-state index contributed by atoms with van der Waals surface area (Å²) in [7, 11) is -2.43. The van der Waals surface area contributed by atoms with Gasteiger partial charge >= 0.3 is 0 Å². The van der Waals surface area contributed by atoms with E-state index in [9.17, 15) is 17.2 Å². The molecule has 1 saturated carbocycles. The molecule has 1 aliphatic rings. The SMILES string of the molecule is CN(CC1CC(O)C1)S(=O)(=O)c1ccc(F)c(F)c1. The molecule has 4 nitrogen and oxygen atoms in total. The van der Waals surface area contributed by atoms with E-state index in [1.165, 1.54) is 7.05 Å². The fourth-order valence-corrected chi connectivity index (χ4v) is 3.39. The summed E-state index contributed by atoms with van der Waals surface area (Å²) in [6.07, 6.45) is 0.777. The minimum atomic E-state index is -3.82. The Bertz CT molecular complexity index is 570. The molecule has 0 aliphatic heterocycles. The molecule has 106 valence electrons. The first kappa shape index (κ1) is 14.4. The van der Waals surface area contributed by atoms with Gasteiger partial charge in [0, 0.05) is 13.6 Å². The molecule has 0 saturated heterocycles. The van der Waals surface area contributed by atoms with Crippen LogP contribution in [0.2, 0.25) is 0 Å². The standard InChI is InChI=1S/C12H15F2NO3S/c1-15(7-8-4-9(16)5-8)19(17,18)10-2-3-11(13)12(14)6-10/h2-3,6,8-9,16H,4-5,7H2,1H3. The van der Waals surface area contributed by atoms with Gasteiger partial charge in [0.05, 0.1) is 11.0 Å². The lowest BCUT2D eigenvalue weighted by molar-refractivity contribution is 0.0367. The van der Waals surface area contributed by atoms with Crippen LogP contribution in [0.4, 0.5) is 8.78 Å². The maximum atomic E-state index is 13.1. The maximum Gasteiger partial charge on any atom is 0.242 e. The van der Waals surface area contributed by atoms with Crippen molar-refractivity contribution in [3.8, 4) is 0 Å². The monoisotopic (exact) mass is 291 g/mol. The first-order valence-electron chi connectivity index (χ1n) is 5.90. The Morgan fingerprint density at radius 2 is 1.95 bits per heavy atom. The average molecular weight is 291 g/mol. The molecule has 0 unspecified atom stereocenters. The summed E-state index contributed by atoms with van der Waals surface area (Å²) in [4.78, 5) is -0.270. The van der Waals surface area contributed by atoms with Gasteiger partial charge in [-0.3, -0.25) is 0 Å². The van der Waals surface area contributed by atoms with Gasteiger partial charge in [-0.05, 0) is 37.0 Å². The first-order chi connectivity index (χ1) is 8.80. The highest BCUT2D eigenvalue weighted by Gasteiger charge is 2.31. The smallest absolute Gasteiger partial charge is 0.242 e. The molecule has 0 radical (unpaired) electrons. The van der Waals surface area contributed by atoms with Crippen molar-refractivity contribution in [1.29, 1.82) is 0 Å². The van der Waals surface area contributed by atoms with E-state index in [2.05, 4.69) is 0 Å². The van der Waals surface area contributed by atoms with Gasteiger partial charge in [-0.25, -0.2) is 21.5 Å². The zero-order chi connectivity index (χ0) is 14.2. The number of aliphatic hydroxyl groups is 1. The van der Waals surface area contributed by atoms with E-state index in [4.69, 9.17) is 5.11 Å². The lowest BCUT2D eigenvalue weighted by atomic mass is 9.82. The van der Waals surface area contributed by atoms with Crippen molar-refractivity contribution in [2.75, 3.05) is 13.6 Å². The van der Waals surface area contributed by atoms with Gasteiger partial charge in [0.15, 0.2) is 11.6 Å². The number of rotatable bonds is 4. The van der Waals surface area contributed by atoms with E-state index in [0.29, 0.717) is 18.9 Å².